The molecule has 0 aliphatic rings. The van der Waals surface area contributed by atoms with Gasteiger partial charge in [0.05, 0.1) is 29.1 Å². The zero-order valence-corrected chi connectivity index (χ0v) is 17.6. The number of nitrogens with one attached hydrogen (secondary N) is 1. The Morgan fingerprint density at radius 2 is 1.77 bits per heavy atom. The van der Waals surface area contributed by atoms with E-state index in [1.54, 1.807) is 32.0 Å². The number of carbonyl (C=O) groups excluding carboxylic acids is 2. The van der Waals surface area contributed by atoms with Crippen LogP contribution < -0.4 is 5.32 Å². The Morgan fingerprint density at radius 3 is 2.40 bits per heavy atom. The van der Waals surface area contributed by atoms with E-state index in [4.69, 9.17) is 4.74 Å². The number of carbonyl (C=O) groups is 2. The molecule has 0 spiro atoms. The van der Waals surface area contributed by atoms with Crippen molar-refractivity contribution < 1.29 is 19.2 Å². The minimum atomic E-state index is -0.829. The Kier molecular flexibility index (Phi) is 8.53. The molecule has 0 aliphatic carbocycles. The Morgan fingerprint density at radius 1 is 1.10 bits per heavy atom. The SMILES string of the molecule is Cc1ccc(CCCC(=O)NC(CC(=O)OC(C)C)c2ccccc2[N+](=O)[O-])cc1. The molecule has 160 valence electrons. The Bertz CT molecular complexity index is 877. The molecule has 2 aromatic rings. The molecule has 1 N–H and O–H groups in total. The van der Waals surface area contributed by atoms with E-state index in [1.807, 2.05) is 31.2 Å². The normalized spacial score (nSPS) is 11.7. The van der Waals surface area contributed by atoms with Gasteiger partial charge in [-0.2, -0.15) is 0 Å². The summed E-state index contributed by atoms with van der Waals surface area (Å²) in [6, 6.07) is 13.4. The molecular formula is C23H28N2O5. The Hall–Kier alpha value is -3.22. The molecule has 0 saturated carbocycles. The van der Waals surface area contributed by atoms with Crippen molar-refractivity contribution in [2.75, 3.05) is 0 Å². The fourth-order valence-corrected chi connectivity index (χ4v) is 3.14. The summed E-state index contributed by atoms with van der Waals surface area (Å²) in [7, 11) is 0. The number of esters is 1. The summed E-state index contributed by atoms with van der Waals surface area (Å²) in [6.07, 6.45) is 1.15. The number of nitro groups is 1. The van der Waals surface area contributed by atoms with Gasteiger partial charge in [-0.05, 0) is 39.2 Å². The third kappa shape index (κ3) is 7.31. The standard InChI is InChI=1S/C23H28N2O5/c1-16(2)30-23(27)15-20(19-8-4-5-9-21(19)25(28)29)24-22(26)10-6-7-18-13-11-17(3)12-14-18/h4-5,8-9,11-14,16,20H,6-7,10,15H2,1-3H3,(H,24,26). The van der Waals surface area contributed by atoms with E-state index in [1.165, 1.54) is 11.6 Å². The summed E-state index contributed by atoms with van der Waals surface area (Å²) in [5.41, 5.74) is 2.47. The molecule has 30 heavy (non-hydrogen) atoms. The molecule has 0 aromatic heterocycles. The molecule has 0 fully saturated rings. The van der Waals surface area contributed by atoms with Crippen LogP contribution in [0.5, 0.6) is 0 Å². The highest BCUT2D eigenvalue weighted by atomic mass is 16.6. The van der Waals surface area contributed by atoms with Crippen LogP contribution in [-0.4, -0.2) is 22.9 Å². The summed E-state index contributed by atoms with van der Waals surface area (Å²) >= 11 is 0. The van der Waals surface area contributed by atoms with Crippen LogP contribution in [0.25, 0.3) is 0 Å². The lowest BCUT2D eigenvalue weighted by atomic mass is 10.0. The van der Waals surface area contributed by atoms with Gasteiger partial charge in [-0.3, -0.25) is 19.7 Å². The van der Waals surface area contributed by atoms with Crippen LogP contribution in [0, 0.1) is 17.0 Å². The van der Waals surface area contributed by atoms with Gasteiger partial charge in [0.25, 0.3) is 5.69 Å². The summed E-state index contributed by atoms with van der Waals surface area (Å²) < 4.78 is 5.17. The molecule has 1 amide bonds. The number of para-hydroxylation sites is 1. The first-order valence-electron chi connectivity index (χ1n) is 10.0. The molecular weight excluding hydrogens is 384 g/mol. The number of benzene rings is 2. The number of aryl methyl sites for hydroxylation is 2. The van der Waals surface area contributed by atoms with Crippen molar-refractivity contribution in [1.82, 2.24) is 5.32 Å². The third-order valence-electron chi connectivity index (χ3n) is 4.57. The predicted octanol–water partition coefficient (Wildman–Crippen LogP) is 4.43. The van der Waals surface area contributed by atoms with E-state index in [2.05, 4.69) is 5.32 Å². The number of nitro benzene ring substituents is 1. The van der Waals surface area contributed by atoms with Crippen LogP contribution in [0.1, 0.15) is 55.8 Å². The minimum absolute atomic E-state index is 0.139. The topological polar surface area (TPSA) is 98.5 Å². The fourth-order valence-electron chi connectivity index (χ4n) is 3.14. The van der Waals surface area contributed by atoms with Crippen molar-refractivity contribution in [1.29, 1.82) is 0 Å². The first kappa shape index (κ1) is 23.1. The van der Waals surface area contributed by atoms with E-state index in [9.17, 15) is 19.7 Å². The lowest BCUT2D eigenvalue weighted by Crippen LogP contribution is -2.31. The van der Waals surface area contributed by atoms with Crippen LogP contribution in [0.4, 0.5) is 5.69 Å². The van der Waals surface area contributed by atoms with E-state index in [0.29, 0.717) is 6.42 Å². The number of amides is 1. The lowest BCUT2D eigenvalue weighted by Gasteiger charge is -2.19. The average Bonchev–Trinajstić information content (AvgIpc) is 2.68. The second-order valence-corrected chi connectivity index (χ2v) is 7.52. The highest BCUT2D eigenvalue weighted by molar-refractivity contribution is 5.78. The number of nitrogens with zero attached hydrogens (tertiary/aromatic N) is 1. The molecule has 7 heteroatoms. The van der Waals surface area contributed by atoms with E-state index < -0.39 is 16.9 Å². The predicted molar refractivity (Wildman–Crippen MR) is 114 cm³/mol. The molecule has 0 heterocycles. The number of hydrogen-bond acceptors (Lipinski definition) is 5. The molecule has 7 nitrogen and oxygen atoms in total. The monoisotopic (exact) mass is 412 g/mol. The van der Waals surface area contributed by atoms with Crippen molar-refractivity contribution in [3.63, 3.8) is 0 Å². The fraction of sp³-hybridized carbons (Fsp3) is 0.391. The second-order valence-electron chi connectivity index (χ2n) is 7.52. The molecule has 2 rings (SSSR count). The van der Waals surface area contributed by atoms with Gasteiger partial charge in [0.15, 0.2) is 0 Å². The van der Waals surface area contributed by atoms with Crippen molar-refractivity contribution in [3.8, 4) is 0 Å². The zero-order valence-electron chi connectivity index (χ0n) is 17.6. The third-order valence-corrected chi connectivity index (χ3v) is 4.57. The van der Waals surface area contributed by atoms with E-state index in [0.717, 1.165) is 12.0 Å². The van der Waals surface area contributed by atoms with Gasteiger partial charge in [-0.15, -0.1) is 0 Å². The van der Waals surface area contributed by atoms with Crippen LogP contribution in [0.2, 0.25) is 0 Å². The molecule has 2 aromatic carbocycles. The molecule has 1 atom stereocenters. The van der Waals surface area contributed by atoms with Crippen molar-refractivity contribution >= 4 is 17.6 Å². The Balaban J connectivity index is 2.06. The maximum Gasteiger partial charge on any atom is 0.308 e. The second kappa shape index (κ2) is 11.1. The highest BCUT2D eigenvalue weighted by Crippen LogP contribution is 2.27. The molecule has 0 aliphatic heterocycles. The lowest BCUT2D eigenvalue weighted by molar-refractivity contribution is -0.385. The average molecular weight is 412 g/mol. The first-order chi connectivity index (χ1) is 14.3. The zero-order chi connectivity index (χ0) is 22.1. The van der Waals surface area contributed by atoms with Gasteiger partial charge >= 0.3 is 5.97 Å². The maximum absolute atomic E-state index is 12.5. The van der Waals surface area contributed by atoms with Crippen LogP contribution in [-0.2, 0) is 20.7 Å². The molecule has 0 bridgehead atoms. The van der Waals surface area contributed by atoms with Gasteiger partial charge in [0, 0.05) is 12.5 Å². The quantitative estimate of drug-likeness (QED) is 0.354. The van der Waals surface area contributed by atoms with Gasteiger partial charge in [0.2, 0.25) is 5.91 Å². The van der Waals surface area contributed by atoms with Crippen molar-refractivity contribution in [2.24, 2.45) is 0 Å². The smallest absolute Gasteiger partial charge is 0.308 e. The Labute approximate surface area is 176 Å². The minimum Gasteiger partial charge on any atom is -0.463 e. The first-order valence-corrected chi connectivity index (χ1v) is 10.0. The maximum atomic E-state index is 12.5. The summed E-state index contributed by atoms with van der Waals surface area (Å²) in [4.78, 5) is 35.6. The van der Waals surface area contributed by atoms with Crippen molar-refractivity contribution in [2.45, 2.75) is 58.6 Å². The largest absolute Gasteiger partial charge is 0.463 e. The number of hydrogen-bond donors (Lipinski definition) is 1. The number of ether oxygens (including phenoxy) is 1. The van der Waals surface area contributed by atoms with E-state index >= 15 is 0 Å². The van der Waals surface area contributed by atoms with E-state index in [-0.39, 0.29) is 36.1 Å². The molecule has 0 radical (unpaired) electrons. The van der Waals surface area contributed by atoms with Gasteiger partial charge < -0.3 is 10.1 Å². The number of rotatable bonds is 10. The van der Waals surface area contributed by atoms with Crippen LogP contribution >= 0.6 is 0 Å². The summed E-state index contributed by atoms with van der Waals surface area (Å²) in [5.74, 6) is -0.782. The van der Waals surface area contributed by atoms with Crippen LogP contribution in [0.3, 0.4) is 0 Å². The summed E-state index contributed by atoms with van der Waals surface area (Å²) in [6.45, 7) is 5.47. The van der Waals surface area contributed by atoms with Crippen molar-refractivity contribution in [3.05, 3.63) is 75.3 Å². The van der Waals surface area contributed by atoms with Gasteiger partial charge in [-0.25, -0.2) is 0 Å². The molecule has 1 unspecified atom stereocenters. The highest BCUT2D eigenvalue weighted by Gasteiger charge is 2.26. The summed E-state index contributed by atoms with van der Waals surface area (Å²) in [5, 5.41) is 14.2. The molecule has 0 saturated heterocycles. The van der Waals surface area contributed by atoms with Crippen LogP contribution in [0.15, 0.2) is 48.5 Å². The van der Waals surface area contributed by atoms with Gasteiger partial charge in [-0.1, -0.05) is 48.0 Å². The van der Waals surface area contributed by atoms with Gasteiger partial charge in [0.1, 0.15) is 0 Å².